The average molecular weight is 380 g/mol. The van der Waals surface area contributed by atoms with Crippen LogP contribution in [-0.4, -0.2) is 40.8 Å². The summed E-state index contributed by atoms with van der Waals surface area (Å²) in [5.74, 6) is -0.222. The van der Waals surface area contributed by atoms with Gasteiger partial charge in [-0.3, -0.25) is 14.6 Å². The SMILES string of the molecule is CCC1CCCCN1C(=O)c1ccnc(C(=O)NCCCc2ccccc2)c1. The number of amides is 2. The van der Waals surface area contributed by atoms with Gasteiger partial charge in [0.1, 0.15) is 5.69 Å². The first kappa shape index (κ1) is 20.1. The van der Waals surface area contributed by atoms with Crippen LogP contribution in [0.1, 0.15) is 65.4 Å². The van der Waals surface area contributed by atoms with E-state index in [1.165, 1.54) is 12.0 Å². The van der Waals surface area contributed by atoms with Crippen molar-refractivity contribution in [1.82, 2.24) is 15.2 Å². The third kappa shape index (κ3) is 5.18. The normalized spacial score (nSPS) is 16.6. The Kier molecular flexibility index (Phi) is 7.18. The van der Waals surface area contributed by atoms with Gasteiger partial charge in [-0.15, -0.1) is 0 Å². The van der Waals surface area contributed by atoms with Gasteiger partial charge in [-0.05, 0) is 56.2 Å². The van der Waals surface area contributed by atoms with Gasteiger partial charge in [-0.25, -0.2) is 0 Å². The molecule has 0 saturated carbocycles. The van der Waals surface area contributed by atoms with Gasteiger partial charge in [0, 0.05) is 30.9 Å². The number of nitrogens with zero attached hydrogens (tertiary/aromatic N) is 2. The van der Waals surface area contributed by atoms with E-state index in [1.807, 2.05) is 23.1 Å². The van der Waals surface area contributed by atoms with Crippen molar-refractivity contribution in [2.45, 2.75) is 51.5 Å². The van der Waals surface area contributed by atoms with Crippen LogP contribution in [0.15, 0.2) is 48.7 Å². The molecule has 1 atom stereocenters. The number of piperidine rings is 1. The van der Waals surface area contributed by atoms with Crippen LogP contribution < -0.4 is 5.32 Å². The molecule has 1 saturated heterocycles. The molecule has 3 rings (SSSR count). The van der Waals surface area contributed by atoms with Crippen LogP contribution >= 0.6 is 0 Å². The number of pyridine rings is 1. The van der Waals surface area contributed by atoms with Crippen molar-refractivity contribution in [1.29, 1.82) is 0 Å². The van der Waals surface area contributed by atoms with Crippen molar-refractivity contribution in [2.75, 3.05) is 13.1 Å². The quantitative estimate of drug-likeness (QED) is 0.743. The number of hydrogen-bond acceptors (Lipinski definition) is 3. The van der Waals surface area contributed by atoms with E-state index in [-0.39, 0.29) is 11.8 Å². The summed E-state index contributed by atoms with van der Waals surface area (Å²) in [5.41, 5.74) is 2.11. The summed E-state index contributed by atoms with van der Waals surface area (Å²) in [6.45, 7) is 3.50. The summed E-state index contributed by atoms with van der Waals surface area (Å²) in [5, 5.41) is 2.91. The second-order valence-electron chi connectivity index (χ2n) is 7.33. The maximum absolute atomic E-state index is 12.9. The van der Waals surface area contributed by atoms with Crippen molar-refractivity contribution in [2.24, 2.45) is 0 Å². The van der Waals surface area contributed by atoms with Crippen molar-refractivity contribution in [3.63, 3.8) is 0 Å². The van der Waals surface area contributed by atoms with Gasteiger partial charge in [0.2, 0.25) is 0 Å². The third-order valence-electron chi connectivity index (χ3n) is 5.37. The molecule has 28 heavy (non-hydrogen) atoms. The molecule has 1 unspecified atom stereocenters. The largest absolute Gasteiger partial charge is 0.351 e. The molecule has 1 aromatic heterocycles. The number of carbonyl (C=O) groups is 2. The highest BCUT2D eigenvalue weighted by Crippen LogP contribution is 2.21. The number of aromatic nitrogens is 1. The first-order valence-electron chi connectivity index (χ1n) is 10.3. The Labute approximate surface area is 167 Å². The molecule has 1 aliphatic rings. The molecule has 0 radical (unpaired) electrons. The molecule has 5 heteroatoms. The minimum Gasteiger partial charge on any atom is -0.351 e. The van der Waals surface area contributed by atoms with E-state index in [2.05, 4.69) is 29.4 Å². The van der Waals surface area contributed by atoms with Crippen LogP contribution in [0.25, 0.3) is 0 Å². The molecular weight excluding hydrogens is 350 g/mol. The maximum Gasteiger partial charge on any atom is 0.269 e. The molecule has 0 bridgehead atoms. The number of likely N-dealkylation sites (tertiary alicyclic amines) is 1. The lowest BCUT2D eigenvalue weighted by atomic mass is 9.99. The van der Waals surface area contributed by atoms with Crippen molar-refractivity contribution in [3.8, 4) is 0 Å². The zero-order chi connectivity index (χ0) is 19.8. The van der Waals surface area contributed by atoms with Crippen LogP contribution in [0.3, 0.4) is 0 Å². The Bertz CT molecular complexity index is 791. The zero-order valence-electron chi connectivity index (χ0n) is 16.6. The molecule has 5 nitrogen and oxygen atoms in total. The van der Waals surface area contributed by atoms with Gasteiger partial charge < -0.3 is 10.2 Å². The third-order valence-corrected chi connectivity index (χ3v) is 5.37. The van der Waals surface area contributed by atoms with Gasteiger partial charge in [-0.2, -0.15) is 0 Å². The number of carbonyl (C=O) groups excluding carboxylic acids is 2. The van der Waals surface area contributed by atoms with Crippen LogP contribution in [0.2, 0.25) is 0 Å². The van der Waals surface area contributed by atoms with E-state index in [0.717, 1.165) is 38.6 Å². The summed E-state index contributed by atoms with van der Waals surface area (Å²) in [6, 6.07) is 13.8. The van der Waals surface area contributed by atoms with Crippen LogP contribution in [0.5, 0.6) is 0 Å². The Morgan fingerprint density at radius 3 is 2.79 bits per heavy atom. The predicted molar refractivity (Wildman–Crippen MR) is 110 cm³/mol. The Balaban J connectivity index is 1.56. The lowest BCUT2D eigenvalue weighted by Crippen LogP contribution is -2.43. The van der Waals surface area contributed by atoms with Crippen LogP contribution in [0.4, 0.5) is 0 Å². The van der Waals surface area contributed by atoms with Gasteiger partial charge in [0.25, 0.3) is 11.8 Å². The minimum atomic E-state index is -0.228. The van der Waals surface area contributed by atoms with Gasteiger partial charge >= 0.3 is 0 Å². The highest BCUT2D eigenvalue weighted by Gasteiger charge is 2.26. The summed E-state index contributed by atoms with van der Waals surface area (Å²) >= 11 is 0. The highest BCUT2D eigenvalue weighted by molar-refractivity contribution is 5.98. The summed E-state index contributed by atoms with van der Waals surface area (Å²) in [6.07, 6.45) is 7.57. The van der Waals surface area contributed by atoms with E-state index in [1.54, 1.807) is 18.3 Å². The Hall–Kier alpha value is -2.69. The second-order valence-corrected chi connectivity index (χ2v) is 7.33. The molecular formula is C23H29N3O2. The van der Waals surface area contributed by atoms with E-state index < -0.39 is 0 Å². The number of nitrogens with one attached hydrogen (secondary N) is 1. The number of benzene rings is 1. The minimum absolute atomic E-state index is 0.00655. The molecule has 1 aromatic carbocycles. The Morgan fingerprint density at radius 2 is 2.00 bits per heavy atom. The predicted octanol–water partition coefficient (Wildman–Crippen LogP) is 3.85. The summed E-state index contributed by atoms with van der Waals surface area (Å²) in [7, 11) is 0. The van der Waals surface area contributed by atoms with Crippen molar-refractivity contribution < 1.29 is 9.59 Å². The maximum atomic E-state index is 12.9. The topological polar surface area (TPSA) is 62.3 Å². The van der Waals surface area contributed by atoms with E-state index in [9.17, 15) is 9.59 Å². The highest BCUT2D eigenvalue weighted by atomic mass is 16.2. The van der Waals surface area contributed by atoms with E-state index >= 15 is 0 Å². The molecule has 0 aliphatic carbocycles. The second kappa shape index (κ2) is 10.0. The number of aryl methyl sites for hydroxylation is 1. The molecule has 1 N–H and O–H groups in total. The van der Waals surface area contributed by atoms with Gasteiger partial charge in [0.05, 0.1) is 0 Å². The molecule has 0 spiro atoms. The average Bonchev–Trinajstić information content (AvgIpc) is 2.76. The summed E-state index contributed by atoms with van der Waals surface area (Å²) < 4.78 is 0. The van der Waals surface area contributed by atoms with Crippen molar-refractivity contribution >= 4 is 11.8 Å². The van der Waals surface area contributed by atoms with Crippen molar-refractivity contribution in [3.05, 3.63) is 65.5 Å². The fourth-order valence-corrected chi connectivity index (χ4v) is 3.78. The first-order valence-corrected chi connectivity index (χ1v) is 10.3. The fraction of sp³-hybridized carbons (Fsp3) is 0.435. The lowest BCUT2D eigenvalue weighted by Gasteiger charge is -2.35. The standard InChI is InChI=1S/C23H29N3O2/c1-2-20-12-6-7-16-26(20)23(28)19-13-15-24-21(17-19)22(27)25-14-8-11-18-9-4-3-5-10-18/h3-5,9-10,13,15,17,20H,2,6-8,11-12,14,16H2,1H3,(H,25,27). The molecule has 1 aliphatic heterocycles. The lowest BCUT2D eigenvalue weighted by molar-refractivity contribution is 0.0608. The smallest absolute Gasteiger partial charge is 0.269 e. The molecule has 1 fully saturated rings. The summed E-state index contributed by atoms with van der Waals surface area (Å²) in [4.78, 5) is 31.5. The number of hydrogen-bond donors (Lipinski definition) is 1. The molecule has 148 valence electrons. The molecule has 2 heterocycles. The van der Waals surface area contributed by atoms with E-state index in [4.69, 9.17) is 0 Å². The first-order chi connectivity index (χ1) is 13.7. The van der Waals surface area contributed by atoms with Crippen LogP contribution in [0, 0.1) is 0 Å². The van der Waals surface area contributed by atoms with Crippen LogP contribution in [-0.2, 0) is 6.42 Å². The van der Waals surface area contributed by atoms with Gasteiger partial charge in [0.15, 0.2) is 0 Å². The number of rotatable bonds is 7. The fourth-order valence-electron chi connectivity index (χ4n) is 3.78. The monoisotopic (exact) mass is 379 g/mol. The van der Waals surface area contributed by atoms with E-state index in [0.29, 0.717) is 23.8 Å². The molecule has 2 aromatic rings. The van der Waals surface area contributed by atoms with Gasteiger partial charge in [-0.1, -0.05) is 37.3 Å². The molecule has 2 amide bonds. The zero-order valence-corrected chi connectivity index (χ0v) is 16.6. The Morgan fingerprint density at radius 1 is 1.18 bits per heavy atom.